The van der Waals surface area contributed by atoms with Gasteiger partial charge in [0.15, 0.2) is 0 Å². The molecule has 2 aromatic carbocycles. The Kier molecular flexibility index (Phi) is 6.92. The lowest BCUT2D eigenvalue weighted by Crippen LogP contribution is -2.50. The molecule has 2 heterocycles. The van der Waals surface area contributed by atoms with Crippen molar-refractivity contribution < 1.29 is 18.7 Å². The minimum Gasteiger partial charge on any atom is -0.489 e. The Balaban J connectivity index is 1.38. The molecule has 2 saturated heterocycles. The summed E-state index contributed by atoms with van der Waals surface area (Å²) in [4.78, 5) is 31.4. The number of para-hydroxylation sites is 1. The van der Waals surface area contributed by atoms with Crippen LogP contribution in [0.5, 0.6) is 5.75 Å². The first kappa shape index (κ1) is 22.1. The van der Waals surface area contributed by atoms with Gasteiger partial charge in [0.25, 0.3) is 11.1 Å². The van der Waals surface area contributed by atoms with E-state index in [0.717, 1.165) is 36.1 Å². The number of imide groups is 1. The highest BCUT2D eigenvalue weighted by Crippen LogP contribution is 2.34. The second-order valence-corrected chi connectivity index (χ2v) is 8.46. The predicted octanol–water partition coefficient (Wildman–Crippen LogP) is 4.21. The molecule has 0 aliphatic carbocycles. The molecule has 4 rings (SSSR count). The molecule has 0 N–H and O–H groups in total. The summed E-state index contributed by atoms with van der Waals surface area (Å²) in [7, 11) is 0. The number of amides is 2. The molecular weight excluding hydrogens is 429 g/mol. The average Bonchev–Trinajstić information content (AvgIpc) is 3.07. The van der Waals surface area contributed by atoms with Crippen LogP contribution in [0.25, 0.3) is 6.08 Å². The van der Waals surface area contributed by atoms with Crippen molar-refractivity contribution in [3.05, 3.63) is 77.5 Å². The van der Waals surface area contributed by atoms with Crippen molar-refractivity contribution in [3.8, 4) is 5.75 Å². The molecule has 0 saturated carbocycles. The fraction of sp³-hybridized carbons (Fsp3) is 0.250. The van der Waals surface area contributed by atoms with E-state index in [0.29, 0.717) is 30.4 Å². The van der Waals surface area contributed by atoms with E-state index in [1.54, 1.807) is 24.3 Å². The maximum atomic E-state index is 13.1. The van der Waals surface area contributed by atoms with Crippen molar-refractivity contribution in [1.29, 1.82) is 0 Å². The number of nitrogens with zero attached hydrogens (tertiary/aromatic N) is 3. The van der Waals surface area contributed by atoms with Gasteiger partial charge in [-0.2, -0.15) is 0 Å². The summed E-state index contributed by atoms with van der Waals surface area (Å²) in [5, 5.41) is -0.272. The summed E-state index contributed by atoms with van der Waals surface area (Å²) in [5.74, 6) is 0.0882. The van der Waals surface area contributed by atoms with Gasteiger partial charge in [0.05, 0.1) is 11.6 Å². The molecule has 32 heavy (non-hydrogen) atoms. The lowest BCUT2D eigenvalue weighted by Gasteiger charge is -2.37. The molecule has 0 aromatic heterocycles. The molecule has 2 aliphatic rings. The first-order valence-corrected chi connectivity index (χ1v) is 11.2. The zero-order valence-electron chi connectivity index (χ0n) is 17.6. The van der Waals surface area contributed by atoms with Crippen molar-refractivity contribution in [2.24, 2.45) is 0 Å². The summed E-state index contributed by atoms with van der Waals surface area (Å²) in [6.07, 6.45) is 3.36. The number of piperazine rings is 1. The Labute approximate surface area is 190 Å². The molecule has 2 amide bonds. The minimum atomic E-state index is -0.292. The summed E-state index contributed by atoms with van der Waals surface area (Å²) in [6.45, 7) is 7.16. The van der Waals surface area contributed by atoms with E-state index < -0.39 is 0 Å². The van der Waals surface area contributed by atoms with Gasteiger partial charge in [-0.25, -0.2) is 4.39 Å². The molecule has 0 bridgehead atoms. The van der Waals surface area contributed by atoms with Gasteiger partial charge >= 0.3 is 0 Å². The van der Waals surface area contributed by atoms with E-state index in [-0.39, 0.29) is 23.6 Å². The number of hydrogen-bond donors (Lipinski definition) is 0. The van der Waals surface area contributed by atoms with E-state index in [2.05, 4.69) is 16.4 Å². The fourth-order valence-electron chi connectivity index (χ4n) is 3.64. The van der Waals surface area contributed by atoms with Crippen molar-refractivity contribution >= 4 is 34.7 Å². The third kappa shape index (κ3) is 5.03. The van der Waals surface area contributed by atoms with Crippen molar-refractivity contribution in [2.45, 2.75) is 0 Å². The SMILES string of the molecule is C=CCOc1ccccc1/C=C1/SC(=O)N(CN2CCN(c3ccc(F)cc3)CC2)C1=O. The number of rotatable bonds is 7. The Morgan fingerprint density at radius 3 is 2.47 bits per heavy atom. The molecule has 2 aromatic rings. The van der Waals surface area contributed by atoms with Crippen molar-refractivity contribution in [1.82, 2.24) is 9.80 Å². The van der Waals surface area contributed by atoms with E-state index in [1.807, 2.05) is 24.3 Å². The number of thioether (sulfide) groups is 1. The first-order chi connectivity index (χ1) is 15.5. The van der Waals surface area contributed by atoms with Crippen LogP contribution in [0.4, 0.5) is 14.9 Å². The standard InChI is InChI=1S/C24H24FN3O3S/c1-2-15-31-21-6-4-3-5-18(21)16-22-23(29)28(24(30)32-22)17-26-11-13-27(14-12-26)20-9-7-19(25)8-10-20/h2-10,16H,1,11-15,17H2/b22-16+. The fourth-order valence-corrected chi connectivity index (χ4v) is 4.46. The first-order valence-electron chi connectivity index (χ1n) is 10.4. The Hall–Kier alpha value is -3.10. The van der Waals surface area contributed by atoms with Crippen molar-refractivity contribution in [3.63, 3.8) is 0 Å². The number of anilines is 1. The Bertz CT molecular complexity index is 1030. The highest BCUT2D eigenvalue weighted by atomic mass is 32.2. The molecular formula is C24H24FN3O3S. The molecule has 0 radical (unpaired) electrons. The van der Waals surface area contributed by atoms with Gasteiger partial charge in [0.2, 0.25) is 0 Å². The maximum absolute atomic E-state index is 13.1. The number of hydrogen-bond acceptors (Lipinski definition) is 6. The lowest BCUT2D eigenvalue weighted by molar-refractivity contribution is -0.124. The van der Waals surface area contributed by atoms with Gasteiger partial charge in [-0.3, -0.25) is 19.4 Å². The van der Waals surface area contributed by atoms with Gasteiger partial charge in [0, 0.05) is 37.4 Å². The van der Waals surface area contributed by atoms with Crippen LogP contribution in [0.2, 0.25) is 0 Å². The lowest BCUT2D eigenvalue weighted by atomic mass is 10.2. The summed E-state index contributed by atoms with van der Waals surface area (Å²) in [5.41, 5.74) is 1.71. The molecule has 0 spiro atoms. The van der Waals surface area contributed by atoms with Crippen LogP contribution in [0.1, 0.15) is 5.56 Å². The van der Waals surface area contributed by atoms with Gasteiger partial charge in [-0.05, 0) is 48.2 Å². The second-order valence-electron chi connectivity index (χ2n) is 7.47. The van der Waals surface area contributed by atoms with E-state index >= 15 is 0 Å². The second kappa shape index (κ2) is 10.0. The average molecular weight is 454 g/mol. The van der Waals surface area contributed by atoms with E-state index in [4.69, 9.17) is 4.74 Å². The number of halogens is 1. The Morgan fingerprint density at radius 2 is 1.75 bits per heavy atom. The summed E-state index contributed by atoms with van der Waals surface area (Å²) in [6, 6.07) is 13.8. The number of ether oxygens (including phenoxy) is 1. The third-order valence-electron chi connectivity index (χ3n) is 5.34. The van der Waals surface area contributed by atoms with E-state index in [1.165, 1.54) is 17.0 Å². The number of carbonyl (C=O) groups is 2. The van der Waals surface area contributed by atoms with Crippen LogP contribution in [-0.2, 0) is 4.79 Å². The van der Waals surface area contributed by atoms with Crippen LogP contribution in [0.3, 0.4) is 0 Å². The molecule has 166 valence electrons. The van der Waals surface area contributed by atoms with Crippen molar-refractivity contribution in [2.75, 3.05) is 44.4 Å². The zero-order valence-corrected chi connectivity index (χ0v) is 18.4. The monoisotopic (exact) mass is 453 g/mol. The van der Waals surface area contributed by atoms with Gasteiger partial charge in [0.1, 0.15) is 18.2 Å². The highest BCUT2D eigenvalue weighted by Gasteiger charge is 2.36. The molecule has 0 unspecified atom stereocenters. The number of carbonyl (C=O) groups excluding carboxylic acids is 2. The van der Waals surface area contributed by atoms with Gasteiger partial charge in [-0.15, -0.1) is 0 Å². The third-order valence-corrected chi connectivity index (χ3v) is 6.25. The summed E-state index contributed by atoms with van der Waals surface area (Å²) >= 11 is 0.947. The van der Waals surface area contributed by atoms with Crippen LogP contribution < -0.4 is 9.64 Å². The normalized spacial score (nSPS) is 18.5. The van der Waals surface area contributed by atoms with Crippen LogP contribution in [0.15, 0.2) is 66.1 Å². The van der Waals surface area contributed by atoms with Gasteiger partial charge < -0.3 is 9.64 Å². The van der Waals surface area contributed by atoms with Crippen LogP contribution >= 0.6 is 11.8 Å². The largest absolute Gasteiger partial charge is 0.489 e. The van der Waals surface area contributed by atoms with Crippen LogP contribution in [0, 0.1) is 5.82 Å². The number of benzene rings is 2. The minimum absolute atomic E-state index is 0.255. The van der Waals surface area contributed by atoms with E-state index in [9.17, 15) is 14.0 Å². The Morgan fingerprint density at radius 1 is 1.03 bits per heavy atom. The molecule has 8 heteroatoms. The molecule has 6 nitrogen and oxygen atoms in total. The molecule has 2 fully saturated rings. The van der Waals surface area contributed by atoms with Gasteiger partial charge in [-0.1, -0.05) is 30.9 Å². The zero-order chi connectivity index (χ0) is 22.5. The quantitative estimate of drug-likeness (QED) is 0.463. The summed E-state index contributed by atoms with van der Waals surface area (Å²) < 4.78 is 18.8. The molecule has 0 atom stereocenters. The van der Waals surface area contributed by atoms with Crippen LogP contribution in [-0.4, -0.2) is 60.4 Å². The maximum Gasteiger partial charge on any atom is 0.294 e. The highest BCUT2D eigenvalue weighted by molar-refractivity contribution is 8.18. The topological polar surface area (TPSA) is 53.1 Å². The smallest absolute Gasteiger partial charge is 0.294 e. The molecule has 2 aliphatic heterocycles. The predicted molar refractivity (Wildman–Crippen MR) is 125 cm³/mol.